The largest absolute Gasteiger partial charge is 0.325 e. The molecule has 1 aromatic heterocycles. The summed E-state index contributed by atoms with van der Waals surface area (Å²) in [5, 5.41) is 12.7. The third-order valence-electron chi connectivity index (χ3n) is 6.77. The molecule has 1 aliphatic heterocycles. The van der Waals surface area contributed by atoms with Gasteiger partial charge in [-0.15, -0.1) is 10.2 Å². The van der Waals surface area contributed by atoms with Crippen molar-refractivity contribution >= 4 is 23.4 Å². The Morgan fingerprint density at radius 1 is 1.06 bits per heavy atom. The number of nitrogens with one attached hydrogen (secondary N) is 1. The molecule has 8 heteroatoms. The van der Waals surface area contributed by atoms with Gasteiger partial charge in [0.1, 0.15) is 5.82 Å². The predicted octanol–water partition coefficient (Wildman–Crippen LogP) is 6.20. The van der Waals surface area contributed by atoms with E-state index in [0.717, 1.165) is 42.3 Å². The summed E-state index contributed by atoms with van der Waals surface area (Å²) < 4.78 is 15.6. The second-order valence-corrected chi connectivity index (χ2v) is 10.1. The van der Waals surface area contributed by atoms with Crippen molar-refractivity contribution in [3.05, 3.63) is 65.7 Å². The van der Waals surface area contributed by atoms with Gasteiger partial charge in [0.05, 0.1) is 11.8 Å². The van der Waals surface area contributed by atoms with Gasteiger partial charge >= 0.3 is 0 Å². The van der Waals surface area contributed by atoms with Crippen LogP contribution in [-0.2, 0) is 4.79 Å². The van der Waals surface area contributed by atoms with Gasteiger partial charge in [-0.25, -0.2) is 4.39 Å². The highest BCUT2D eigenvalue weighted by molar-refractivity contribution is 7.99. The molecular formula is C27H34FN5OS. The van der Waals surface area contributed by atoms with E-state index in [-0.39, 0.29) is 23.5 Å². The van der Waals surface area contributed by atoms with Crippen LogP contribution in [0.1, 0.15) is 69.8 Å². The number of carbonyl (C=O) groups is 1. The van der Waals surface area contributed by atoms with Gasteiger partial charge in [-0.05, 0) is 81.1 Å². The lowest BCUT2D eigenvalue weighted by Gasteiger charge is -2.31. The molecule has 0 spiro atoms. The minimum absolute atomic E-state index is 0.0680. The van der Waals surface area contributed by atoms with Gasteiger partial charge in [0, 0.05) is 11.4 Å². The fourth-order valence-electron chi connectivity index (χ4n) is 4.52. The molecule has 0 saturated carbocycles. The first-order chi connectivity index (χ1) is 17.0. The van der Waals surface area contributed by atoms with E-state index in [4.69, 9.17) is 0 Å². The Morgan fingerprint density at radius 2 is 1.77 bits per heavy atom. The quantitative estimate of drug-likeness (QED) is 0.358. The van der Waals surface area contributed by atoms with Crippen LogP contribution in [0.5, 0.6) is 0 Å². The average Bonchev–Trinajstić information content (AvgIpc) is 3.31. The molecule has 1 N–H and O–H groups in total. The molecule has 2 aromatic carbocycles. The second-order valence-electron chi connectivity index (χ2n) is 9.16. The SMILES string of the molecule is CC[C@H](C)c1ccccc1NC(=O)CSc1nnc([C@@H](C)N2CCCCC2)n1-c1ccc(F)cc1. The molecule has 186 valence electrons. The van der Waals surface area contributed by atoms with Crippen molar-refractivity contribution in [2.24, 2.45) is 0 Å². The van der Waals surface area contributed by atoms with Crippen LogP contribution in [0.4, 0.5) is 10.1 Å². The Kier molecular flexibility index (Phi) is 8.57. The number of anilines is 1. The normalized spacial score (nSPS) is 16.1. The van der Waals surface area contributed by atoms with E-state index in [1.54, 1.807) is 12.1 Å². The number of hydrogen-bond donors (Lipinski definition) is 1. The van der Waals surface area contributed by atoms with Crippen LogP contribution in [-0.4, -0.2) is 44.4 Å². The number of likely N-dealkylation sites (tertiary alicyclic amines) is 1. The molecule has 3 aromatic rings. The van der Waals surface area contributed by atoms with Crippen LogP contribution in [0, 0.1) is 5.82 Å². The lowest BCUT2D eigenvalue weighted by atomic mass is 9.97. The molecule has 2 atom stereocenters. The standard InChI is InChI=1S/C27H34FN5OS/c1-4-19(2)23-10-6-7-11-24(23)29-25(34)18-35-27-31-30-26(20(3)32-16-8-5-9-17-32)33(27)22-14-12-21(28)13-15-22/h6-7,10-15,19-20H,4-5,8-9,16-18H2,1-3H3,(H,29,34)/t19-,20+/m0/s1. The van der Waals surface area contributed by atoms with E-state index in [2.05, 4.69) is 47.3 Å². The van der Waals surface area contributed by atoms with Gasteiger partial charge < -0.3 is 5.32 Å². The Hall–Kier alpha value is -2.71. The van der Waals surface area contributed by atoms with Crippen molar-refractivity contribution < 1.29 is 9.18 Å². The number of amides is 1. The molecule has 0 radical (unpaired) electrons. The van der Waals surface area contributed by atoms with Crippen LogP contribution in [0.3, 0.4) is 0 Å². The maximum absolute atomic E-state index is 13.6. The maximum Gasteiger partial charge on any atom is 0.234 e. The maximum atomic E-state index is 13.6. The van der Waals surface area contributed by atoms with Crippen molar-refractivity contribution in [1.82, 2.24) is 19.7 Å². The topological polar surface area (TPSA) is 63.1 Å². The van der Waals surface area contributed by atoms with Crippen LogP contribution in [0.25, 0.3) is 5.69 Å². The first-order valence-corrected chi connectivity index (χ1v) is 13.4. The van der Waals surface area contributed by atoms with Gasteiger partial charge in [0.25, 0.3) is 0 Å². The highest BCUT2D eigenvalue weighted by atomic mass is 32.2. The molecule has 1 aliphatic rings. The van der Waals surface area contributed by atoms with Crippen molar-refractivity contribution in [2.75, 3.05) is 24.2 Å². The first-order valence-electron chi connectivity index (χ1n) is 12.4. The molecule has 0 bridgehead atoms. The monoisotopic (exact) mass is 495 g/mol. The molecular weight excluding hydrogens is 461 g/mol. The summed E-state index contributed by atoms with van der Waals surface area (Å²) in [5.41, 5.74) is 2.78. The van der Waals surface area contributed by atoms with Crippen LogP contribution < -0.4 is 5.32 Å². The third-order valence-corrected chi connectivity index (χ3v) is 7.69. The minimum Gasteiger partial charge on any atom is -0.325 e. The molecule has 35 heavy (non-hydrogen) atoms. The fraction of sp³-hybridized carbons (Fsp3) is 0.444. The van der Waals surface area contributed by atoms with E-state index in [9.17, 15) is 9.18 Å². The number of piperidine rings is 1. The summed E-state index contributed by atoms with van der Waals surface area (Å²) in [7, 11) is 0. The summed E-state index contributed by atoms with van der Waals surface area (Å²) in [6.07, 6.45) is 4.61. The lowest BCUT2D eigenvalue weighted by Crippen LogP contribution is -2.33. The highest BCUT2D eigenvalue weighted by Crippen LogP contribution is 2.30. The molecule has 0 aliphatic carbocycles. The van der Waals surface area contributed by atoms with E-state index >= 15 is 0 Å². The van der Waals surface area contributed by atoms with Gasteiger partial charge in [-0.1, -0.05) is 50.2 Å². The highest BCUT2D eigenvalue weighted by Gasteiger charge is 2.26. The molecule has 2 heterocycles. The number of nitrogens with zero attached hydrogens (tertiary/aromatic N) is 4. The molecule has 1 saturated heterocycles. The van der Waals surface area contributed by atoms with Gasteiger partial charge in [-0.2, -0.15) is 0 Å². The van der Waals surface area contributed by atoms with Crippen LogP contribution in [0.2, 0.25) is 0 Å². The fourth-order valence-corrected chi connectivity index (χ4v) is 5.28. The summed E-state index contributed by atoms with van der Waals surface area (Å²) >= 11 is 1.34. The van der Waals surface area contributed by atoms with Crippen molar-refractivity contribution in [1.29, 1.82) is 0 Å². The van der Waals surface area contributed by atoms with Crippen molar-refractivity contribution in [3.63, 3.8) is 0 Å². The summed E-state index contributed by atoms with van der Waals surface area (Å²) in [5.74, 6) is 0.987. The zero-order valence-electron chi connectivity index (χ0n) is 20.7. The molecule has 4 rings (SSSR count). The average molecular weight is 496 g/mol. The number of carbonyl (C=O) groups excluding carboxylic acids is 1. The number of hydrogen-bond acceptors (Lipinski definition) is 5. The number of para-hydroxylation sites is 1. The lowest BCUT2D eigenvalue weighted by molar-refractivity contribution is -0.113. The van der Waals surface area contributed by atoms with Crippen LogP contribution >= 0.6 is 11.8 Å². The van der Waals surface area contributed by atoms with E-state index in [1.165, 1.54) is 43.2 Å². The van der Waals surface area contributed by atoms with E-state index in [1.807, 2.05) is 22.8 Å². The second kappa shape index (κ2) is 11.8. The van der Waals surface area contributed by atoms with Crippen molar-refractivity contribution in [3.8, 4) is 5.69 Å². The number of halogens is 1. The smallest absolute Gasteiger partial charge is 0.234 e. The van der Waals surface area contributed by atoms with Crippen molar-refractivity contribution in [2.45, 2.75) is 63.6 Å². The minimum atomic E-state index is -0.291. The Bertz CT molecular complexity index is 1130. The van der Waals surface area contributed by atoms with E-state index in [0.29, 0.717) is 11.1 Å². The Labute approximate surface area is 211 Å². The molecule has 1 amide bonds. The van der Waals surface area contributed by atoms with E-state index < -0.39 is 0 Å². The first kappa shape index (κ1) is 25.4. The zero-order valence-corrected chi connectivity index (χ0v) is 21.5. The summed E-state index contributed by atoms with van der Waals surface area (Å²) in [4.78, 5) is 15.3. The Balaban J connectivity index is 1.54. The van der Waals surface area contributed by atoms with Gasteiger partial charge in [-0.3, -0.25) is 14.3 Å². The molecule has 6 nitrogen and oxygen atoms in total. The number of aromatic nitrogens is 3. The summed E-state index contributed by atoms with van der Waals surface area (Å²) in [6.45, 7) is 8.50. The number of rotatable bonds is 9. The zero-order chi connectivity index (χ0) is 24.8. The number of thioether (sulfide) groups is 1. The predicted molar refractivity (Wildman–Crippen MR) is 140 cm³/mol. The third kappa shape index (κ3) is 6.11. The summed E-state index contributed by atoms with van der Waals surface area (Å²) in [6, 6.07) is 14.4. The number of benzene rings is 2. The van der Waals surface area contributed by atoms with Crippen LogP contribution in [0.15, 0.2) is 53.7 Å². The van der Waals surface area contributed by atoms with Gasteiger partial charge in [0.15, 0.2) is 11.0 Å². The van der Waals surface area contributed by atoms with Gasteiger partial charge in [0.2, 0.25) is 5.91 Å². The Morgan fingerprint density at radius 3 is 2.49 bits per heavy atom. The molecule has 0 unspecified atom stereocenters. The molecule has 1 fully saturated rings.